The molecule has 1 aliphatic rings. The second-order valence-corrected chi connectivity index (χ2v) is 6.66. The van der Waals surface area contributed by atoms with Crippen LogP contribution in [0.4, 0.5) is 0 Å². The molecule has 1 N–H and O–H groups in total. The third kappa shape index (κ3) is 3.57. The number of imidazole rings is 1. The maximum absolute atomic E-state index is 4.09. The first-order valence-corrected chi connectivity index (χ1v) is 7.41. The topological polar surface area (TPSA) is 33.1 Å². The van der Waals surface area contributed by atoms with Crippen molar-refractivity contribution in [1.82, 2.24) is 19.8 Å². The van der Waals surface area contributed by atoms with E-state index in [1.165, 1.54) is 12.8 Å². The van der Waals surface area contributed by atoms with Crippen molar-refractivity contribution in [3.05, 3.63) is 18.7 Å². The summed E-state index contributed by atoms with van der Waals surface area (Å²) in [5.41, 5.74) is 0.522. The van der Waals surface area contributed by atoms with E-state index in [1.807, 2.05) is 18.7 Å². The van der Waals surface area contributed by atoms with Crippen LogP contribution in [0.15, 0.2) is 18.7 Å². The molecule has 1 aliphatic heterocycles. The van der Waals surface area contributed by atoms with Crippen molar-refractivity contribution in [2.45, 2.75) is 58.2 Å². The smallest absolute Gasteiger partial charge is 0.0945 e. The molecule has 4 heteroatoms. The van der Waals surface area contributed by atoms with Gasteiger partial charge in [0.2, 0.25) is 0 Å². The van der Waals surface area contributed by atoms with Crippen LogP contribution in [-0.4, -0.2) is 45.2 Å². The highest BCUT2D eigenvalue weighted by atomic mass is 15.3. The number of aromatic nitrogens is 2. The number of hydrogen-bond acceptors (Lipinski definition) is 3. The minimum absolute atomic E-state index is 0.254. The van der Waals surface area contributed by atoms with Gasteiger partial charge in [-0.3, -0.25) is 4.90 Å². The molecule has 0 amide bonds. The van der Waals surface area contributed by atoms with Crippen LogP contribution in [0.3, 0.4) is 0 Å². The summed E-state index contributed by atoms with van der Waals surface area (Å²) in [6.45, 7) is 13.7. The van der Waals surface area contributed by atoms with Crippen LogP contribution in [0, 0.1) is 0 Å². The standard InChI is InChI=1S/C15H28N4/c1-5-15(4)12-19(14(2,3)11-17-15)9-6-8-18-10-7-16-13-18/h7,10,13,17H,5-6,8-9,11-12H2,1-4H3. The minimum atomic E-state index is 0.254. The lowest BCUT2D eigenvalue weighted by atomic mass is 9.88. The molecule has 2 heterocycles. The molecule has 0 aliphatic carbocycles. The normalized spacial score (nSPS) is 27.6. The second-order valence-electron chi connectivity index (χ2n) is 6.66. The second kappa shape index (κ2) is 5.63. The molecular formula is C15H28N4. The Labute approximate surface area is 117 Å². The molecule has 0 aromatic carbocycles. The molecule has 0 spiro atoms. The maximum atomic E-state index is 4.09. The van der Waals surface area contributed by atoms with Gasteiger partial charge in [-0.2, -0.15) is 0 Å². The summed E-state index contributed by atoms with van der Waals surface area (Å²) in [5.74, 6) is 0. The van der Waals surface area contributed by atoms with Gasteiger partial charge < -0.3 is 9.88 Å². The number of aryl methyl sites for hydroxylation is 1. The number of piperazine rings is 1. The lowest BCUT2D eigenvalue weighted by Gasteiger charge is -2.51. The minimum Gasteiger partial charge on any atom is -0.337 e. The van der Waals surface area contributed by atoms with Crippen molar-refractivity contribution in [2.75, 3.05) is 19.6 Å². The predicted molar refractivity (Wildman–Crippen MR) is 79.2 cm³/mol. The van der Waals surface area contributed by atoms with Crippen LogP contribution in [0.1, 0.15) is 40.5 Å². The summed E-state index contributed by atoms with van der Waals surface area (Å²) in [4.78, 5) is 6.73. The molecule has 1 unspecified atom stereocenters. The Hall–Kier alpha value is -0.870. The summed E-state index contributed by atoms with van der Waals surface area (Å²) in [5, 5.41) is 3.71. The van der Waals surface area contributed by atoms with E-state index in [0.717, 1.165) is 26.2 Å². The summed E-state index contributed by atoms with van der Waals surface area (Å²) >= 11 is 0. The molecule has 0 bridgehead atoms. The molecule has 0 radical (unpaired) electrons. The van der Waals surface area contributed by atoms with E-state index in [0.29, 0.717) is 0 Å². The summed E-state index contributed by atoms with van der Waals surface area (Å²) < 4.78 is 2.16. The molecule has 108 valence electrons. The van der Waals surface area contributed by atoms with Crippen molar-refractivity contribution in [2.24, 2.45) is 0 Å². The fourth-order valence-corrected chi connectivity index (χ4v) is 2.71. The first kappa shape index (κ1) is 14.5. The number of hydrogen-bond donors (Lipinski definition) is 1. The lowest BCUT2D eigenvalue weighted by molar-refractivity contribution is 0.0296. The molecule has 1 aromatic rings. The predicted octanol–water partition coefficient (Wildman–Crippen LogP) is 2.13. The first-order valence-electron chi connectivity index (χ1n) is 7.41. The molecule has 4 nitrogen and oxygen atoms in total. The van der Waals surface area contributed by atoms with Gasteiger partial charge in [0.15, 0.2) is 0 Å². The van der Waals surface area contributed by atoms with Crippen molar-refractivity contribution < 1.29 is 0 Å². The van der Waals surface area contributed by atoms with Crippen LogP contribution in [0.25, 0.3) is 0 Å². The van der Waals surface area contributed by atoms with Gasteiger partial charge in [0.25, 0.3) is 0 Å². The quantitative estimate of drug-likeness (QED) is 0.884. The summed E-state index contributed by atoms with van der Waals surface area (Å²) in [6, 6.07) is 0. The van der Waals surface area contributed by atoms with Crippen LogP contribution >= 0.6 is 0 Å². The van der Waals surface area contributed by atoms with Crippen molar-refractivity contribution in [3.63, 3.8) is 0 Å². The van der Waals surface area contributed by atoms with Gasteiger partial charge in [-0.15, -0.1) is 0 Å². The SMILES string of the molecule is CCC1(C)CN(CCCn2ccnc2)C(C)(C)CN1. The van der Waals surface area contributed by atoms with Crippen molar-refractivity contribution in [1.29, 1.82) is 0 Å². The fraction of sp³-hybridized carbons (Fsp3) is 0.800. The lowest BCUT2D eigenvalue weighted by Crippen LogP contribution is -2.67. The average Bonchev–Trinajstić information content (AvgIpc) is 2.87. The van der Waals surface area contributed by atoms with Crippen LogP contribution in [-0.2, 0) is 6.54 Å². The van der Waals surface area contributed by atoms with E-state index in [2.05, 4.69) is 47.5 Å². The molecular weight excluding hydrogens is 236 g/mol. The average molecular weight is 264 g/mol. The van der Waals surface area contributed by atoms with E-state index in [9.17, 15) is 0 Å². The first-order chi connectivity index (χ1) is 8.95. The Morgan fingerprint density at radius 3 is 2.68 bits per heavy atom. The van der Waals surface area contributed by atoms with Crippen LogP contribution in [0.5, 0.6) is 0 Å². The maximum Gasteiger partial charge on any atom is 0.0945 e. The zero-order chi connectivity index (χ0) is 13.9. The third-order valence-electron chi connectivity index (χ3n) is 4.53. The Balaban J connectivity index is 1.88. The highest BCUT2D eigenvalue weighted by molar-refractivity contribution is 4.98. The largest absolute Gasteiger partial charge is 0.337 e. The van der Waals surface area contributed by atoms with Crippen molar-refractivity contribution >= 4 is 0 Å². The van der Waals surface area contributed by atoms with E-state index in [-0.39, 0.29) is 11.1 Å². The van der Waals surface area contributed by atoms with Crippen LogP contribution < -0.4 is 5.32 Å². The van der Waals surface area contributed by atoms with Gasteiger partial charge in [-0.25, -0.2) is 4.98 Å². The molecule has 1 aromatic heterocycles. The van der Waals surface area contributed by atoms with Crippen LogP contribution in [0.2, 0.25) is 0 Å². The fourth-order valence-electron chi connectivity index (χ4n) is 2.71. The van der Waals surface area contributed by atoms with Crippen molar-refractivity contribution in [3.8, 4) is 0 Å². The molecule has 1 fully saturated rings. The number of nitrogens with one attached hydrogen (secondary N) is 1. The zero-order valence-electron chi connectivity index (χ0n) is 12.8. The van der Waals surface area contributed by atoms with Gasteiger partial charge in [0.1, 0.15) is 0 Å². The van der Waals surface area contributed by atoms with E-state index in [1.54, 1.807) is 0 Å². The van der Waals surface area contributed by atoms with Gasteiger partial charge in [0, 0.05) is 49.7 Å². The Kier molecular flexibility index (Phi) is 4.31. The Morgan fingerprint density at radius 1 is 1.26 bits per heavy atom. The molecule has 1 saturated heterocycles. The number of rotatable bonds is 5. The highest BCUT2D eigenvalue weighted by Crippen LogP contribution is 2.25. The third-order valence-corrected chi connectivity index (χ3v) is 4.53. The summed E-state index contributed by atoms with van der Waals surface area (Å²) in [6.07, 6.45) is 8.15. The van der Waals surface area contributed by atoms with Gasteiger partial charge in [-0.05, 0) is 33.6 Å². The Bertz CT molecular complexity index is 385. The van der Waals surface area contributed by atoms with Gasteiger partial charge >= 0.3 is 0 Å². The zero-order valence-corrected chi connectivity index (χ0v) is 12.8. The Morgan fingerprint density at radius 2 is 2.05 bits per heavy atom. The van der Waals surface area contributed by atoms with E-state index < -0.39 is 0 Å². The molecule has 19 heavy (non-hydrogen) atoms. The molecule has 0 saturated carbocycles. The van der Waals surface area contributed by atoms with E-state index in [4.69, 9.17) is 0 Å². The highest BCUT2D eigenvalue weighted by Gasteiger charge is 2.38. The number of nitrogens with zero attached hydrogens (tertiary/aromatic N) is 3. The molecule has 2 rings (SSSR count). The van der Waals surface area contributed by atoms with Gasteiger partial charge in [0.05, 0.1) is 6.33 Å². The van der Waals surface area contributed by atoms with Gasteiger partial charge in [-0.1, -0.05) is 6.92 Å². The summed E-state index contributed by atoms with van der Waals surface area (Å²) in [7, 11) is 0. The monoisotopic (exact) mass is 264 g/mol. The molecule has 1 atom stereocenters. The van der Waals surface area contributed by atoms with E-state index >= 15 is 0 Å².